The van der Waals surface area contributed by atoms with E-state index >= 15 is 0 Å². The Morgan fingerprint density at radius 1 is 1.41 bits per heavy atom. The Labute approximate surface area is 129 Å². The van der Waals surface area contributed by atoms with Crippen molar-refractivity contribution in [3.8, 4) is 6.07 Å². The van der Waals surface area contributed by atoms with Gasteiger partial charge in [0, 0.05) is 18.9 Å². The number of hydrogen-bond donors (Lipinski definition) is 2. The molecule has 1 aromatic heterocycles. The van der Waals surface area contributed by atoms with Crippen molar-refractivity contribution in [2.24, 2.45) is 7.05 Å². The lowest BCUT2D eigenvalue weighted by Crippen LogP contribution is -2.15. The van der Waals surface area contributed by atoms with Gasteiger partial charge in [0.1, 0.15) is 28.6 Å². The summed E-state index contributed by atoms with van der Waals surface area (Å²) in [4.78, 5) is 12.7. The molecule has 1 aromatic carbocycles. The molecule has 2 aromatic rings. The molecule has 2 rings (SSSR count). The Hall–Kier alpha value is -2.50. The normalized spacial score (nSPS) is 11.7. The second-order valence-electron chi connectivity index (χ2n) is 4.41. The van der Waals surface area contributed by atoms with Crippen molar-refractivity contribution in [1.29, 1.82) is 5.26 Å². The van der Waals surface area contributed by atoms with Gasteiger partial charge in [0.25, 0.3) is 5.91 Å². The van der Waals surface area contributed by atoms with Crippen molar-refractivity contribution < 1.29 is 13.4 Å². The Kier molecular flexibility index (Phi) is 4.70. The van der Waals surface area contributed by atoms with E-state index in [2.05, 4.69) is 10.0 Å². The molecule has 0 aliphatic heterocycles. The van der Waals surface area contributed by atoms with Crippen molar-refractivity contribution in [2.75, 3.05) is 12.4 Å². The number of benzene rings is 1. The molecule has 0 saturated carbocycles. The second kappa shape index (κ2) is 6.51. The van der Waals surface area contributed by atoms with Crippen LogP contribution < -0.4 is 10.0 Å². The van der Waals surface area contributed by atoms with Crippen molar-refractivity contribution in [2.45, 2.75) is 4.90 Å². The van der Waals surface area contributed by atoms with Crippen LogP contribution in [0.1, 0.15) is 16.1 Å². The zero-order chi connectivity index (χ0) is 16.3. The first-order chi connectivity index (χ1) is 10.5. The molecule has 2 N–H and O–H groups in total. The number of amides is 1. The van der Waals surface area contributed by atoms with Gasteiger partial charge in [-0.15, -0.1) is 0 Å². The molecule has 0 fully saturated rings. The minimum Gasteiger partial charge on any atom is -0.345 e. The van der Waals surface area contributed by atoms with Crippen molar-refractivity contribution in [3.05, 3.63) is 47.5 Å². The molecule has 6 nitrogen and oxygen atoms in total. The van der Waals surface area contributed by atoms with Gasteiger partial charge in [0.2, 0.25) is 0 Å². The number of rotatable bonds is 4. The highest BCUT2D eigenvalue weighted by Crippen LogP contribution is 2.16. The molecule has 0 aliphatic rings. The molecule has 0 aliphatic carbocycles. The zero-order valence-electron chi connectivity index (χ0n) is 11.9. The van der Waals surface area contributed by atoms with Gasteiger partial charge >= 0.3 is 0 Å². The van der Waals surface area contributed by atoms with Crippen LogP contribution >= 0.6 is 0 Å². The Morgan fingerprint density at radius 3 is 2.77 bits per heavy atom. The van der Waals surface area contributed by atoms with E-state index in [0.29, 0.717) is 16.3 Å². The summed E-state index contributed by atoms with van der Waals surface area (Å²) >= 11 is 0. The third-order valence-corrected chi connectivity index (χ3v) is 3.98. The highest BCUT2D eigenvalue weighted by atomic mass is 32.2. The average Bonchev–Trinajstić information content (AvgIpc) is 2.90. The number of hydrogen-bond acceptors (Lipinski definition) is 3. The third kappa shape index (κ3) is 3.21. The molecule has 0 radical (unpaired) electrons. The average molecular weight is 320 g/mol. The minimum absolute atomic E-state index is 0.151. The predicted octanol–water partition coefficient (Wildman–Crippen LogP) is 1.53. The van der Waals surface area contributed by atoms with E-state index in [-0.39, 0.29) is 5.56 Å². The molecule has 0 spiro atoms. The van der Waals surface area contributed by atoms with Gasteiger partial charge in [0.15, 0.2) is 0 Å². The highest BCUT2D eigenvalue weighted by molar-refractivity contribution is 7.83. The minimum atomic E-state index is -1.39. The Morgan fingerprint density at radius 2 is 2.14 bits per heavy atom. The summed E-state index contributed by atoms with van der Waals surface area (Å²) in [5.74, 6) is -1.09. The van der Waals surface area contributed by atoms with Gasteiger partial charge in [-0.1, -0.05) is 0 Å². The van der Waals surface area contributed by atoms with Crippen molar-refractivity contribution >= 4 is 22.6 Å². The van der Waals surface area contributed by atoms with Crippen LogP contribution in [0.25, 0.3) is 0 Å². The Balaban J connectivity index is 2.25. The van der Waals surface area contributed by atoms with Gasteiger partial charge in [-0.3, -0.25) is 4.79 Å². The second-order valence-corrected chi connectivity index (χ2v) is 5.82. The molecule has 22 heavy (non-hydrogen) atoms. The summed E-state index contributed by atoms with van der Waals surface area (Å²) < 4.78 is 29.0. The number of carbonyl (C=O) groups is 1. The smallest absolute Gasteiger partial charge is 0.272 e. The number of anilines is 1. The fraction of sp³-hybridized carbons (Fsp3) is 0.143. The molecule has 0 bridgehead atoms. The van der Waals surface area contributed by atoms with Crippen LogP contribution in [-0.4, -0.2) is 21.7 Å². The lowest BCUT2D eigenvalue weighted by atomic mass is 10.2. The molecule has 1 amide bonds. The first kappa shape index (κ1) is 15.9. The van der Waals surface area contributed by atoms with E-state index in [9.17, 15) is 13.4 Å². The van der Waals surface area contributed by atoms with Gasteiger partial charge in [-0.05, 0) is 31.3 Å². The maximum Gasteiger partial charge on any atom is 0.272 e. The molecule has 0 saturated heterocycles. The van der Waals surface area contributed by atoms with E-state index in [1.807, 2.05) is 0 Å². The number of aromatic nitrogens is 1. The third-order valence-electron chi connectivity index (χ3n) is 2.96. The van der Waals surface area contributed by atoms with E-state index < -0.39 is 22.7 Å². The van der Waals surface area contributed by atoms with Crippen LogP contribution in [0.3, 0.4) is 0 Å². The van der Waals surface area contributed by atoms with E-state index in [1.165, 1.54) is 22.8 Å². The van der Waals surface area contributed by atoms with Crippen LogP contribution in [-0.2, 0) is 18.0 Å². The number of nitriles is 1. The first-order valence-corrected chi connectivity index (χ1v) is 7.37. The molecule has 1 atom stereocenters. The van der Waals surface area contributed by atoms with Gasteiger partial charge in [-0.25, -0.2) is 13.3 Å². The summed E-state index contributed by atoms with van der Waals surface area (Å²) in [6.45, 7) is 0. The largest absolute Gasteiger partial charge is 0.345 e. The number of aryl methyl sites for hydroxylation is 1. The summed E-state index contributed by atoms with van der Waals surface area (Å²) in [6.07, 6.45) is 1.58. The van der Waals surface area contributed by atoms with Crippen LogP contribution in [0.2, 0.25) is 0 Å². The maximum atomic E-state index is 13.2. The topological polar surface area (TPSA) is 86.9 Å². The lowest BCUT2D eigenvalue weighted by molar-refractivity contribution is 0.101. The lowest BCUT2D eigenvalue weighted by Gasteiger charge is -2.06. The number of halogens is 1. The maximum absolute atomic E-state index is 13.2. The summed E-state index contributed by atoms with van der Waals surface area (Å²) in [7, 11) is 1.80. The SMILES string of the molecule is CNS(=O)c1cc(C(=O)Nc2ccc(F)c(C#N)c2)n(C)c1. The predicted molar refractivity (Wildman–Crippen MR) is 79.9 cm³/mol. The Bertz CT molecular complexity index is 795. The summed E-state index contributed by atoms with van der Waals surface area (Å²) in [5.41, 5.74) is 0.448. The number of nitrogens with zero attached hydrogens (tertiary/aromatic N) is 2. The number of carbonyl (C=O) groups excluding carboxylic acids is 1. The van der Waals surface area contributed by atoms with E-state index in [0.717, 1.165) is 6.07 Å². The van der Waals surface area contributed by atoms with Crippen molar-refractivity contribution in [1.82, 2.24) is 9.29 Å². The van der Waals surface area contributed by atoms with Crippen molar-refractivity contribution in [3.63, 3.8) is 0 Å². The van der Waals surface area contributed by atoms with Crippen LogP contribution in [0.5, 0.6) is 0 Å². The highest BCUT2D eigenvalue weighted by Gasteiger charge is 2.15. The molecule has 8 heteroatoms. The molecule has 114 valence electrons. The molecule has 1 unspecified atom stereocenters. The zero-order valence-corrected chi connectivity index (χ0v) is 12.7. The first-order valence-electron chi connectivity index (χ1n) is 6.22. The molecule has 1 heterocycles. The standard InChI is InChI=1S/C14H13FN4O2S/c1-17-22(21)11-6-13(19(2)8-11)14(20)18-10-3-4-12(15)9(5-10)7-16/h3-6,8,17H,1-2H3,(H,18,20). The number of nitrogens with one attached hydrogen (secondary N) is 2. The quantitative estimate of drug-likeness (QED) is 0.895. The van der Waals surface area contributed by atoms with Crippen LogP contribution in [0.15, 0.2) is 35.4 Å². The van der Waals surface area contributed by atoms with Crippen LogP contribution in [0.4, 0.5) is 10.1 Å². The monoisotopic (exact) mass is 320 g/mol. The van der Waals surface area contributed by atoms with E-state index in [1.54, 1.807) is 26.4 Å². The fourth-order valence-corrected chi connectivity index (χ4v) is 2.57. The van der Waals surface area contributed by atoms with Gasteiger partial charge in [0.05, 0.1) is 10.5 Å². The molecular weight excluding hydrogens is 307 g/mol. The summed E-state index contributed by atoms with van der Waals surface area (Å²) in [5, 5.41) is 11.4. The molecular formula is C14H13FN4O2S. The van der Waals surface area contributed by atoms with E-state index in [4.69, 9.17) is 5.26 Å². The van der Waals surface area contributed by atoms with Gasteiger partial charge in [-0.2, -0.15) is 5.26 Å². The van der Waals surface area contributed by atoms with Gasteiger partial charge < -0.3 is 9.88 Å². The fourth-order valence-electron chi connectivity index (χ4n) is 1.86. The summed E-state index contributed by atoms with van der Waals surface area (Å²) in [6, 6.07) is 6.93. The van der Waals surface area contributed by atoms with Crippen LogP contribution in [0, 0.1) is 17.1 Å².